The summed E-state index contributed by atoms with van der Waals surface area (Å²) in [4.78, 5) is 11.6. The third kappa shape index (κ3) is 4.35. The molecule has 0 aromatic rings. The first kappa shape index (κ1) is 13.2. The topological polar surface area (TPSA) is 35.5 Å². The van der Waals surface area contributed by atoms with E-state index in [4.69, 9.17) is 9.47 Å². The Labute approximate surface area is 97.8 Å². The monoisotopic (exact) mass is 226 g/mol. The average molecular weight is 226 g/mol. The van der Waals surface area contributed by atoms with Crippen molar-refractivity contribution in [3.63, 3.8) is 0 Å². The molecule has 0 bridgehead atoms. The van der Waals surface area contributed by atoms with Gasteiger partial charge in [-0.05, 0) is 25.7 Å². The highest BCUT2D eigenvalue weighted by atomic mass is 16.5. The standard InChI is InChI=1S/C13H22O3/c1-3-16-13(14)12(10-15-2)9-11-7-5-4-6-8-11/h9,11H,3-8,10H2,1-2H3. The van der Waals surface area contributed by atoms with Crippen LogP contribution < -0.4 is 0 Å². The fourth-order valence-electron chi connectivity index (χ4n) is 2.14. The van der Waals surface area contributed by atoms with Crippen molar-refractivity contribution in [2.45, 2.75) is 39.0 Å². The van der Waals surface area contributed by atoms with Gasteiger partial charge < -0.3 is 9.47 Å². The minimum atomic E-state index is -0.227. The molecule has 92 valence electrons. The van der Waals surface area contributed by atoms with Gasteiger partial charge in [-0.1, -0.05) is 25.3 Å². The minimum absolute atomic E-state index is 0.227. The number of esters is 1. The minimum Gasteiger partial charge on any atom is -0.463 e. The summed E-state index contributed by atoms with van der Waals surface area (Å²) >= 11 is 0. The Morgan fingerprint density at radius 3 is 2.56 bits per heavy atom. The number of ether oxygens (including phenoxy) is 2. The lowest BCUT2D eigenvalue weighted by Crippen LogP contribution is -2.14. The Morgan fingerprint density at radius 2 is 2.00 bits per heavy atom. The van der Waals surface area contributed by atoms with Crippen LogP contribution in [0.2, 0.25) is 0 Å². The molecule has 0 aliphatic heterocycles. The third-order valence-corrected chi connectivity index (χ3v) is 2.92. The molecule has 1 rings (SSSR count). The van der Waals surface area contributed by atoms with Gasteiger partial charge in [0.15, 0.2) is 0 Å². The molecule has 1 fully saturated rings. The summed E-state index contributed by atoms with van der Waals surface area (Å²) in [7, 11) is 1.61. The van der Waals surface area contributed by atoms with Crippen molar-refractivity contribution in [2.75, 3.05) is 20.3 Å². The predicted molar refractivity (Wildman–Crippen MR) is 63.2 cm³/mol. The molecule has 0 atom stereocenters. The molecule has 0 spiro atoms. The summed E-state index contributed by atoms with van der Waals surface area (Å²) in [5, 5.41) is 0. The van der Waals surface area contributed by atoms with Gasteiger partial charge in [0.05, 0.1) is 18.8 Å². The molecular weight excluding hydrogens is 204 g/mol. The van der Waals surface area contributed by atoms with Crippen LogP contribution in [-0.2, 0) is 14.3 Å². The summed E-state index contributed by atoms with van der Waals surface area (Å²) in [5.41, 5.74) is 0.677. The first-order valence-corrected chi connectivity index (χ1v) is 6.14. The highest BCUT2D eigenvalue weighted by molar-refractivity contribution is 5.88. The second-order valence-electron chi connectivity index (χ2n) is 4.24. The molecule has 0 aromatic heterocycles. The SMILES string of the molecule is CCOC(=O)C(=CC1CCCCC1)COC. The normalized spacial score (nSPS) is 18.5. The van der Waals surface area contributed by atoms with Crippen LogP contribution in [0, 0.1) is 5.92 Å². The number of carbonyl (C=O) groups is 1. The molecule has 0 unspecified atom stereocenters. The Balaban J connectivity index is 2.58. The van der Waals surface area contributed by atoms with E-state index in [-0.39, 0.29) is 5.97 Å². The van der Waals surface area contributed by atoms with Crippen LogP contribution in [0.5, 0.6) is 0 Å². The maximum Gasteiger partial charge on any atom is 0.336 e. The van der Waals surface area contributed by atoms with E-state index in [9.17, 15) is 4.79 Å². The Bertz CT molecular complexity index is 240. The van der Waals surface area contributed by atoms with Crippen LogP contribution in [-0.4, -0.2) is 26.3 Å². The first-order chi connectivity index (χ1) is 7.77. The number of carbonyl (C=O) groups excluding carboxylic acids is 1. The van der Waals surface area contributed by atoms with E-state index in [1.165, 1.54) is 32.1 Å². The molecule has 0 amide bonds. The molecule has 1 aliphatic rings. The molecule has 0 N–H and O–H groups in total. The molecule has 1 saturated carbocycles. The van der Waals surface area contributed by atoms with Crippen molar-refractivity contribution in [2.24, 2.45) is 5.92 Å². The fraction of sp³-hybridized carbons (Fsp3) is 0.769. The van der Waals surface area contributed by atoms with Gasteiger partial charge in [-0.3, -0.25) is 0 Å². The van der Waals surface area contributed by atoms with Crippen molar-refractivity contribution in [1.29, 1.82) is 0 Å². The van der Waals surface area contributed by atoms with Crippen molar-refractivity contribution in [3.8, 4) is 0 Å². The van der Waals surface area contributed by atoms with Crippen LogP contribution in [0.4, 0.5) is 0 Å². The Morgan fingerprint density at radius 1 is 1.31 bits per heavy atom. The molecule has 0 saturated heterocycles. The van der Waals surface area contributed by atoms with Gasteiger partial charge in [-0.2, -0.15) is 0 Å². The smallest absolute Gasteiger partial charge is 0.336 e. The van der Waals surface area contributed by atoms with Gasteiger partial charge in [-0.25, -0.2) is 4.79 Å². The van der Waals surface area contributed by atoms with E-state index >= 15 is 0 Å². The van der Waals surface area contributed by atoms with Crippen LogP contribution >= 0.6 is 0 Å². The van der Waals surface area contributed by atoms with Crippen LogP contribution in [0.1, 0.15) is 39.0 Å². The van der Waals surface area contributed by atoms with E-state index in [2.05, 4.69) is 6.08 Å². The quantitative estimate of drug-likeness (QED) is 0.534. The Hall–Kier alpha value is -0.830. The second kappa shape index (κ2) is 7.44. The van der Waals surface area contributed by atoms with Crippen LogP contribution in [0.3, 0.4) is 0 Å². The van der Waals surface area contributed by atoms with Crippen molar-refractivity contribution in [3.05, 3.63) is 11.6 Å². The number of hydrogen-bond acceptors (Lipinski definition) is 3. The summed E-state index contributed by atoms with van der Waals surface area (Å²) < 4.78 is 10.1. The van der Waals surface area contributed by atoms with Crippen LogP contribution in [0.15, 0.2) is 11.6 Å². The van der Waals surface area contributed by atoms with E-state index < -0.39 is 0 Å². The molecule has 3 nitrogen and oxygen atoms in total. The summed E-state index contributed by atoms with van der Waals surface area (Å²) in [6, 6.07) is 0. The number of rotatable bonds is 5. The van der Waals surface area contributed by atoms with Crippen molar-refractivity contribution in [1.82, 2.24) is 0 Å². The predicted octanol–water partition coefficient (Wildman–Crippen LogP) is 2.70. The number of methoxy groups -OCH3 is 1. The second-order valence-corrected chi connectivity index (χ2v) is 4.24. The van der Waals surface area contributed by atoms with E-state index in [0.29, 0.717) is 24.7 Å². The fourth-order valence-corrected chi connectivity index (χ4v) is 2.14. The van der Waals surface area contributed by atoms with Gasteiger partial charge in [-0.15, -0.1) is 0 Å². The lowest BCUT2D eigenvalue weighted by molar-refractivity contribution is -0.139. The largest absolute Gasteiger partial charge is 0.463 e. The molecular formula is C13H22O3. The van der Waals surface area contributed by atoms with Crippen molar-refractivity contribution < 1.29 is 14.3 Å². The molecule has 3 heteroatoms. The van der Waals surface area contributed by atoms with E-state index in [1.54, 1.807) is 7.11 Å². The van der Waals surface area contributed by atoms with E-state index in [1.807, 2.05) is 6.92 Å². The zero-order valence-corrected chi connectivity index (χ0v) is 10.3. The highest BCUT2D eigenvalue weighted by Gasteiger charge is 2.16. The Kier molecular flexibility index (Phi) is 6.16. The van der Waals surface area contributed by atoms with Gasteiger partial charge in [0.25, 0.3) is 0 Å². The number of allylic oxidation sites excluding steroid dienone is 1. The molecule has 0 heterocycles. The van der Waals surface area contributed by atoms with Crippen LogP contribution in [0.25, 0.3) is 0 Å². The van der Waals surface area contributed by atoms with Gasteiger partial charge in [0, 0.05) is 7.11 Å². The molecule has 0 aromatic carbocycles. The summed E-state index contributed by atoms with van der Waals surface area (Å²) in [6.45, 7) is 2.60. The van der Waals surface area contributed by atoms with Gasteiger partial charge in [0.1, 0.15) is 0 Å². The van der Waals surface area contributed by atoms with Gasteiger partial charge >= 0.3 is 5.97 Å². The maximum atomic E-state index is 11.6. The zero-order valence-electron chi connectivity index (χ0n) is 10.3. The first-order valence-electron chi connectivity index (χ1n) is 6.14. The summed E-state index contributed by atoms with van der Waals surface area (Å²) in [5.74, 6) is 0.304. The summed E-state index contributed by atoms with van der Waals surface area (Å²) in [6.07, 6.45) is 8.29. The lowest BCUT2D eigenvalue weighted by Gasteiger charge is -2.19. The maximum absolute atomic E-state index is 11.6. The molecule has 0 radical (unpaired) electrons. The zero-order chi connectivity index (χ0) is 11.8. The van der Waals surface area contributed by atoms with Crippen molar-refractivity contribution >= 4 is 5.97 Å². The molecule has 1 aliphatic carbocycles. The van der Waals surface area contributed by atoms with Gasteiger partial charge in [0.2, 0.25) is 0 Å². The lowest BCUT2D eigenvalue weighted by atomic mass is 9.88. The van der Waals surface area contributed by atoms with E-state index in [0.717, 1.165) is 0 Å². The highest BCUT2D eigenvalue weighted by Crippen LogP contribution is 2.25. The molecule has 16 heavy (non-hydrogen) atoms. The third-order valence-electron chi connectivity index (χ3n) is 2.92. The number of hydrogen-bond donors (Lipinski definition) is 0. The average Bonchev–Trinajstić information content (AvgIpc) is 2.30.